The van der Waals surface area contributed by atoms with Gasteiger partial charge in [-0.25, -0.2) is 4.98 Å². The van der Waals surface area contributed by atoms with E-state index in [4.69, 9.17) is 0 Å². The maximum absolute atomic E-state index is 12.1. The number of amides is 1. The van der Waals surface area contributed by atoms with Gasteiger partial charge in [0.05, 0.1) is 5.92 Å². The highest BCUT2D eigenvalue weighted by molar-refractivity contribution is 5.95. The average molecular weight is 276 g/mol. The van der Waals surface area contributed by atoms with E-state index in [9.17, 15) is 19.8 Å². The van der Waals surface area contributed by atoms with E-state index in [1.165, 1.54) is 18.3 Å². The molecule has 0 aromatic carbocycles. The number of rotatable bonds is 3. The van der Waals surface area contributed by atoms with Crippen LogP contribution in [-0.4, -0.2) is 33.1 Å². The van der Waals surface area contributed by atoms with Crippen LogP contribution in [-0.2, 0) is 4.79 Å². The highest BCUT2D eigenvalue weighted by atomic mass is 16.4. The molecule has 20 heavy (non-hydrogen) atoms. The number of carboxylic acid groups (broad SMARTS) is 1. The van der Waals surface area contributed by atoms with Gasteiger partial charge in [0.25, 0.3) is 5.91 Å². The Hall–Kier alpha value is -2.11. The Morgan fingerprint density at radius 3 is 2.75 bits per heavy atom. The topological polar surface area (TPSA) is 99.5 Å². The van der Waals surface area contributed by atoms with Gasteiger partial charge in [-0.1, -0.05) is 0 Å². The highest BCUT2D eigenvalue weighted by Crippen LogP contribution is 2.48. The second kappa shape index (κ2) is 4.77. The number of pyridine rings is 1. The molecular formula is C14H16N2O4. The number of hydrogen-bond donors (Lipinski definition) is 3. The van der Waals surface area contributed by atoms with Crippen LogP contribution in [0.4, 0.5) is 0 Å². The zero-order valence-corrected chi connectivity index (χ0v) is 10.8. The van der Waals surface area contributed by atoms with Crippen molar-refractivity contribution in [1.82, 2.24) is 10.3 Å². The van der Waals surface area contributed by atoms with E-state index >= 15 is 0 Å². The zero-order valence-electron chi connectivity index (χ0n) is 10.8. The fourth-order valence-corrected chi connectivity index (χ4v) is 3.65. The summed E-state index contributed by atoms with van der Waals surface area (Å²) in [6.07, 6.45) is 4.15. The number of carboxylic acids is 1. The van der Waals surface area contributed by atoms with Crippen molar-refractivity contribution < 1.29 is 19.8 Å². The molecule has 1 aromatic heterocycles. The first-order valence-electron chi connectivity index (χ1n) is 6.75. The van der Waals surface area contributed by atoms with Crippen LogP contribution < -0.4 is 5.32 Å². The summed E-state index contributed by atoms with van der Waals surface area (Å²) in [6, 6.07) is 2.56. The minimum absolute atomic E-state index is 0.0561. The zero-order chi connectivity index (χ0) is 14.3. The SMILES string of the molecule is O=C(NC1C2CCC(C2)C1C(=O)O)c1ncccc1O. The number of carbonyl (C=O) groups is 2. The van der Waals surface area contributed by atoms with E-state index in [-0.39, 0.29) is 29.3 Å². The fraction of sp³-hybridized carbons (Fsp3) is 0.500. The number of aliphatic carboxylic acids is 1. The first-order valence-corrected chi connectivity index (χ1v) is 6.75. The van der Waals surface area contributed by atoms with Crippen molar-refractivity contribution in [2.75, 3.05) is 0 Å². The summed E-state index contributed by atoms with van der Waals surface area (Å²) < 4.78 is 0. The Morgan fingerprint density at radius 2 is 2.05 bits per heavy atom. The van der Waals surface area contributed by atoms with Crippen molar-refractivity contribution in [1.29, 1.82) is 0 Å². The predicted octanol–water partition coefficient (Wildman–Crippen LogP) is 1.02. The van der Waals surface area contributed by atoms with Gasteiger partial charge in [0.1, 0.15) is 5.75 Å². The van der Waals surface area contributed by atoms with Crippen LogP contribution >= 0.6 is 0 Å². The van der Waals surface area contributed by atoms with Gasteiger partial charge >= 0.3 is 5.97 Å². The van der Waals surface area contributed by atoms with E-state index < -0.39 is 17.8 Å². The molecule has 2 aliphatic carbocycles. The molecule has 1 aromatic rings. The molecule has 2 fully saturated rings. The van der Waals surface area contributed by atoms with Crippen molar-refractivity contribution in [2.45, 2.75) is 25.3 Å². The van der Waals surface area contributed by atoms with Gasteiger partial charge in [0, 0.05) is 12.2 Å². The van der Waals surface area contributed by atoms with Crippen molar-refractivity contribution in [3.05, 3.63) is 24.0 Å². The second-order valence-corrected chi connectivity index (χ2v) is 5.57. The number of nitrogens with one attached hydrogen (secondary N) is 1. The maximum Gasteiger partial charge on any atom is 0.308 e. The normalized spacial score (nSPS) is 31.2. The first-order chi connectivity index (χ1) is 9.58. The Labute approximate surface area is 115 Å². The van der Waals surface area contributed by atoms with Crippen LogP contribution in [0.1, 0.15) is 29.8 Å². The molecule has 106 valence electrons. The lowest BCUT2D eigenvalue weighted by molar-refractivity contribution is -0.144. The largest absolute Gasteiger partial charge is 0.505 e. The number of aromatic nitrogens is 1. The van der Waals surface area contributed by atoms with Gasteiger partial charge in [-0.2, -0.15) is 0 Å². The lowest BCUT2D eigenvalue weighted by Crippen LogP contribution is -2.47. The van der Waals surface area contributed by atoms with Crippen LogP contribution in [0.3, 0.4) is 0 Å². The smallest absolute Gasteiger partial charge is 0.308 e. The molecule has 1 amide bonds. The van der Waals surface area contributed by atoms with Crippen LogP contribution in [0.25, 0.3) is 0 Å². The van der Waals surface area contributed by atoms with Gasteiger partial charge in [0.15, 0.2) is 5.69 Å². The Morgan fingerprint density at radius 1 is 1.30 bits per heavy atom. The highest BCUT2D eigenvalue weighted by Gasteiger charge is 2.51. The van der Waals surface area contributed by atoms with Gasteiger partial charge in [-0.15, -0.1) is 0 Å². The van der Waals surface area contributed by atoms with E-state index in [1.54, 1.807) is 0 Å². The van der Waals surface area contributed by atoms with Gasteiger partial charge in [-0.3, -0.25) is 9.59 Å². The van der Waals surface area contributed by atoms with E-state index in [2.05, 4.69) is 10.3 Å². The fourth-order valence-electron chi connectivity index (χ4n) is 3.65. The number of carbonyl (C=O) groups excluding carboxylic acids is 1. The summed E-state index contributed by atoms with van der Waals surface area (Å²) in [5.74, 6) is -1.71. The lowest BCUT2D eigenvalue weighted by Gasteiger charge is -2.28. The quantitative estimate of drug-likeness (QED) is 0.765. The second-order valence-electron chi connectivity index (χ2n) is 5.57. The molecule has 4 atom stereocenters. The molecule has 4 unspecified atom stereocenters. The van der Waals surface area contributed by atoms with Crippen molar-refractivity contribution in [3.63, 3.8) is 0 Å². The number of aromatic hydroxyl groups is 1. The first kappa shape index (κ1) is 12.9. The molecule has 2 aliphatic rings. The number of fused-ring (bicyclic) bond motifs is 2. The molecule has 0 spiro atoms. The summed E-state index contributed by atoms with van der Waals surface area (Å²) in [4.78, 5) is 27.4. The van der Waals surface area contributed by atoms with E-state index in [0.717, 1.165) is 19.3 Å². The minimum Gasteiger partial charge on any atom is -0.505 e. The molecule has 3 N–H and O–H groups in total. The monoisotopic (exact) mass is 276 g/mol. The third-order valence-corrected chi connectivity index (χ3v) is 4.50. The molecule has 3 rings (SSSR count). The van der Waals surface area contributed by atoms with Crippen molar-refractivity contribution >= 4 is 11.9 Å². The Balaban J connectivity index is 1.79. The summed E-state index contributed by atoms with van der Waals surface area (Å²) in [5.41, 5.74) is -0.0561. The van der Waals surface area contributed by atoms with Gasteiger partial charge in [-0.05, 0) is 43.2 Å². The molecular weight excluding hydrogens is 260 g/mol. The predicted molar refractivity (Wildman–Crippen MR) is 69.1 cm³/mol. The summed E-state index contributed by atoms with van der Waals surface area (Å²) in [5, 5.41) is 21.7. The summed E-state index contributed by atoms with van der Waals surface area (Å²) in [7, 11) is 0. The minimum atomic E-state index is -0.854. The summed E-state index contributed by atoms with van der Waals surface area (Å²) >= 11 is 0. The molecule has 0 saturated heterocycles. The molecule has 2 saturated carbocycles. The van der Waals surface area contributed by atoms with Crippen LogP contribution in [0.5, 0.6) is 5.75 Å². The number of hydrogen-bond acceptors (Lipinski definition) is 4. The van der Waals surface area contributed by atoms with Gasteiger partial charge < -0.3 is 15.5 Å². The van der Waals surface area contributed by atoms with Crippen LogP contribution in [0, 0.1) is 17.8 Å². The number of nitrogens with zero attached hydrogens (tertiary/aromatic N) is 1. The Bertz CT molecular complexity index is 560. The van der Waals surface area contributed by atoms with Crippen LogP contribution in [0.15, 0.2) is 18.3 Å². The van der Waals surface area contributed by atoms with Crippen LogP contribution in [0.2, 0.25) is 0 Å². The van der Waals surface area contributed by atoms with Crippen molar-refractivity contribution in [2.24, 2.45) is 17.8 Å². The molecule has 6 nitrogen and oxygen atoms in total. The molecule has 0 aliphatic heterocycles. The third kappa shape index (κ3) is 2.01. The molecule has 1 heterocycles. The molecule has 0 radical (unpaired) electrons. The molecule has 6 heteroatoms. The average Bonchev–Trinajstić information content (AvgIpc) is 2.99. The lowest BCUT2D eigenvalue weighted by atomic mass is 9.84. The van der Waals surface area contributed by atoms with Crippen molar-refractivity contribution in [3.8, 4) is 5.75 Å². The summed E-state index contributed by atoms with van der Waals surface area (Å²) in [6.45, 7) is 0. The molecule has 2 bridgehead atoms. The Kier molecular flexibility index (Phi) is 3.08. The third-order valence-electron chi connectivity index (χ3n) is 4.50. The van der Waals surface area contributed by atoms with E-state index in [1.807, 2.05) is 0 Å². The van der Waals surface area contributed by atoms with Gasteiger partial charge in [0.2, 0.25) is 0 Å². The van der Waals surface area contributed by atoms with E-state index in [0.29, 0.717) is 0 Å². The maximum atomic E-state index is 12.1. The standard InChI is InChI=1S/C14H16N2O4/c17-9-2-1-5-15-12(9)13(18)16-11-8-4-3-7(6-8)10(11)14(19)20/h1-2,5,7-8,10-11,17H,3-4,6H2,(H,16,18)(H,19,20).